The van der Waals surface area contributed by atoms with Crippen LogP contribution in [0.15, 0.2) is 18.2 Å². The number of carbonyl (C=O) groups excluding carboxylic acids is 1. The fraction of sp³-hybridized carbons (Fsp3) is 0.588. The summed E-state index contributed by atoms with van der Waals surface area (Å²) in [5.74, 6) is 0.562. The Balaban J connectivity index is 2.10. The standard InChI is InChI=1S/C17H25NO2/c1-4-13-6-7-14(5-2)15(11-13)18-17(19)16-10-12(3)8-9-20-16/h6-7,11-12,16H,4-5,8-10H2,1-3H3,(H,18,19)/t12-,16-/m0/s1. The maximum atomic E-state index is 12.3. The van der Waals surface area contributed by atoms with Crippen molar-refractivity contribution in [3.05, 3.63) is 29.3 Å². The molecule has 0 spiro atoms. The molecule has 1 aliphatic rings. The Morgan fingerprint density at radius 2 is 2.15 bits per heavy atom. The van der Waals surface area contributed by atoms with Crippen molar-refractivity contribution in [3.8, 4) is 0 Å². The van der Waals surface area contributed by atoms with Gasteiger partial charge >= 0.3 is 0 Å². The van der Waals surface area contributed by atoms with Crippen LogP contribution in [0.1, 0.15) is 44.7 Å². The molecule has 2 atom stereocenters. The zero-order valence-electron chi connectivity index (χ0n) is 12.7. The molecule has 2 rings (SSSR count). The van der Waals surface area contributed by atoms with Gasteiger partial charge in [-0.2, -0.15) is 0 Å². The van der Waals surface area contributed by atoms with E-state index in [0.29, 0.717) is 12.5 Å². The molecule has 1 heterocycles. The molecule has 1 amide bonds. The Labute approximate surface area is 121 Å². The summed E-state index contributed by atoms with van der Waals surface area (Å²) in [6.45, 7) is 7.10. The van der Waals surface area contributed by atoms with E-state index in [0.717, 1.165) is 31.4 Å². The molecular formula is C17H25NO2. The van der Waals surface area contributed by atoms with Crippen molar-refractivity contribution >= 4 is 11.6 Å². The Morgan fingerprint density at radius 1 is 1.35 bits per heavy atom. The third-order valence-corrected chi connectivity index (χ3v) is 4.06. The van der Waals surface area contributed by atoms with E-state index in [-0.39, 0.29) is 12.0 Å². The van der Waals surface area contributed by atoms with Gasteiger partial charge in [0.2, 0.25) is 0 Å². The summed E-state index contributed by atoms with van der Waals surface area (Å²) in [5.41, 5.74) is 3.37. The van der Waals surface area contributed by atoms with Crippen molar-refractivity contribution in [3.63, 3.8) is 0 Å². The third-order valence-electron chi connectivity index (χ3n) is 4.06. The molecule has 3 nitrogen and oxygen atoms in total. The average Bonchev–Trinajstić information content (AvgIpc) is 2.47. The highest BCUT2D eigenvalue weighted by atomic mass is 16.5. The van der Waals surface area contributed by atoms with Crippen LogP contribution in [0.4, 0.5) is 5.69 Å². The summed E-state index contributed by atoms with van der Waals surface area (Å²) in [5, 5.41) is 3.06. The van der Waals surface area contributed by atoms with Crippen molar-refractivity contribution in [2.45, 2.75) is 52.6 Å². The number of benzene rings is 1. The van der Waals surface area contributed by atoms with Gasteiger partial charge in [-0.25, -0.2) is 0 Å². The van der Waals surface area contributed by atoms with E-state index in [2.05, 4.69) is 44.3 Å². The maximum Gasteiger partial charge on any atom is 0.253 e. The monoisotopic (exact) mass is 275 g/mol. The minimum absolute atomic E-state index is 0.000460. The Kier molecular flexibility index (Phi) is 5.18. The lowest BCUT2D eigenvalue weighted by molar-refractivity contribution is -0.131. The number of rotatable bonds is 4. The van der Waals surface area contributed by atoms with Gasteiger partial charge in [-0.3, -0.25) is 4.79 Å². The molecule has 1 N–H and O–H groups in total. The van der Waals surface area contributed by atoms with Gasteiger partial charge in [0.25, 0.3) is 5.91 Å². The Bertz CT molecular complexity index is 470. The third kappa shape index (κ3) is 3.60. The Hall–Kier alpha value is -1.35. The summed E-state index contributed by atoms with van der Waals surface area (Å²) >= 11 is 0. The molecule has 0 saturated carbocycles. The van der Waals surface area contributed by atoms with Gasteiger partial charge in [0, 0.05) is 12.3 Å². The predicted octanol–water partition coefficient (Wildman–Crippen LogP) is 3.57. The van der Waals surface area contributed by atoms with E-state index >= 15 is 0 Å². The van der Waals surface area contributed by atoms with Crippen molar-refractivity contribution in [1.82, 2.24) is 0 Å². The first-order valence-electron chi connectivity index (χ1n) is 7.68. The lowest BCUT2D eigenvalue weighted by Gasteiger charge is -2.26. The first-order chi connectivity index (χ1) is 9.63. The largest absolute Gasteiger partial charge is 0.368 e. The zero-order valence-corrected chi connectivity index (χ0v) is 12.7. The van der Waals surface area contributed by atoms with Crippen LogP contribution in [0.25, 0.3) is 0 Å². The lowest BCUT2D eigenvalue weighted by atomic mass is 9.97. The van der Waals surface area contributed by atoms with Crippen LogP contribution in [0.2, 0.25) is 0 Å². The van der Waals surface area contributed by atoms with Crippen LogP contribution in [-0.4, -0.2) is 18.6 Å². The van der Waals surface area contributed by atoms with Crippen LogP contribution in [0.5, 0.6) is 0 Å². The molecule has 0 unspecified atom stereocenters. The van der Waals surface area contributed by atoms with Gasteiger partial charge in [0.05, 0.1) is 0 Å². The number of hydrogen-bond acceptors (Lipinski definition) is 2. The molecule has 3 heteroatoms. The predicted molar refractivity (Wildman–Crippen MR) is 82.0 cm³/mol. The summed E-state index contributed by atoms with van der Waals surface area (Å²) < 4.78 is 5.60. The van der Waals surface area contributed by atoms with Gasteiger partial charge in [-0.05, 0) is 48.8 Å². The molecular weight excluding hydrogens is 250 g/mol. The number of amides is 1. The molecule has 1 fully saturated rings. The maximum absolute atomic E-state index is 12.3. The quantitative estimate of drug-likeness (QED) is 0.912. The molecule has 1 aromatic rings. The SMILES string of the molecule is CCc1ccc(CC)c(NC(=O)[C@@H]2C[C@@H](C)CCO2)c1. The van der Waals surface area contributed by atoms with Gasteiger partial charge in [-0.1, -0.05) is 32.9 Å². The van der Waals surface area contributed by atoms with E-state index in [4.69, 9.17) is 4.74 Å². The minimum atomic E-state index is -0.297. The van der Waals surface area contributed by atoms with Crippen LogP contribution < -0.4 is 5.32 Å². The number of anilines is 1. The van der Waals surface area contributed by atoms with Gasteiger partial charge in [0.15, 0.2) is 0 Å². The van der Waals surface area contributed by atoms with Crippen LogP contribution >= 0.6 is 0 Å². The number of nitrogens with one attached hydrogen (secondary N) is 1. The van der Waals surface area contributed by atoms with E-state index in [1.807, 2.05) is 0 Å². The van der Waals surface area contributed by atoms with Gasteiger partial charge in [-0.15, -0.1) is 0 Å². The van der Waals surface area contributed by atoms with Crippen molar-refractivity contribution in [1.29, 1.82) is 0 Å². The van der Waals surface area contributed by atoms with Crippen molar-refractivity contribution < 1.29 is 9.53 Å². The minimum Gasteiger partial charge on any atom is -0.368 e. The van der Waals surface area contributed by atoms with Crippen molar-refractivity contribution in [2.75, 3.05) is 11.9 Å². The molecule has 1 aliphatic heterocycles. The lowest BCUT2D eigenvalue weighted by Crippen LogP contribution is -2.36. The average molecular weight is 275 g/mol. The number of aryl methyl sites for hydroxylation is 2. The second kappa shape index (κ2) is 6.89. The molecule has 0 bridgehead atoms. The number of carbonyl (C=O) groups is 1. The van der Waals surface area contributed by atoms with E-state index < -0.39 is 0 Å². The fourth-order valence-corrected chi connectivity index (χ4v) is 2.63. The number of hydrogen-bond donors (Lipinski definition) is 1. The van der Waals surface area contributed by atoms with E-state index in [1.54, 1.807) is 0 Å². The fourth-order valence-electron chi connectivity index (χ4n) is 2.63. The summed E-state index contributed by atoms with van der Waals surface area (Å²) in [7, 11) is 0. The normalized spacial score (nSPS) is 22.6. The molecule has 1 aromatic carbocycles. The first-order valence-corrected chi connectivity index (χ1v) is 7.68. The smallest absolute Gasteiger partial charge is 0.253 e. The van der Waals surface area contributed by atoms with Gasteiger partial charge in [0.1, 0.15) is 6.10 Å². The highest BCUT2D eigenvalue weighted by Gasteiger charge is 2.26. The molecule has 20 heavy (non-hydrogen) atoms. The second-order valence-corrected chi connectivity index (χ2v) is 5.68. The van der Waals surface area contributed by atoms with Crippen LogP contribution in [-0.2, 0) is 22.4 Å². The van der Waals surface area contributed by atoms with Crippen LogP contribution in [0, 0.1) is 5.92 Å². The molecule has 0 radical (unpaired) electrons. The summed E-state index contributed by atoms with van der Waals surface area (Å²) in [6, 6.07) is 6.33. The number of ether oxygens (including phenoxy) is 1. The topological polar surface area (TPSA) is 38.3 Å². The summed E-state index contributed by atoms with van der Waals surface area (Å²) in [6.07, 6.45) is 3.47. The molecule has 0 aliphatic carbocycles. The van der Waals surface area contributed by atoms with E-state index in [9.17, 15) is 4.79 Å². The Morgan fingerprint density at radius 3 is 2.80 bits per heavy atom. The zero-order chi connectivity index (χ0) is 14.5. The molecule has 1 saturated heterocycles. The highest BCUT2D eigenvalue weighted by Crippen LogP contribution is 2.23. The molecule has 0 aromatic heterocycles. The van der Waals surface area contributed by atoms with Crippen molar-refractivity contribution in [2.24, 2.45) is 5.92 Å². The van der Waals surface area contributed by atoms with E-state index in [1.165, 1.54) is 11.1 Å². The summed E-state index contributed by atoms with van der Waals surface area (Å²) in [4.78, 5) is 12.3. The van der Waals surface area contributed by atoms with Crippen LogP contribution in [0.3, 0.4) is 0 Å². The first kappa shape index (κ1) is 15.0. The van der Waals surface area contributed by atoms with Gasteiger partial charge < -0.3 is 10.1 Å². The highest BCUT2D eigenvalue weighted by molar-refractivity contribution is 5.95. The second-order valence-electron chi connectivity index (χ2n) is 5.68. The molecule has 110 valence electrons.